The second-order valence-electron chi connectivity index (χ2n) is 3.24. The SMILES string of the molecule is O=CN(CCN1CCOCC1)P(=O)(O)O. The first-order valence-electron chi connectivity index (χ1n) is 4.62. The molecule has 0 aromatic carbocycles. The highest BCUT2D eigenvalue weighted by Gasteiger charge is 2.24. The van der Waals surface area contributed by atoms with Crippen LogP contribution in [0.2, 0.25) is 0 Å². The van der Waals surface area contributed by atoms with Crippen molar-refractivity contribution in [2.24, 2.45) is 0 Å². The van der Waals surface area contributed by atoms with Crippen LogP contribution in [0.4, 0.5) is 0 Å². The van der Waals surface area contributed by atoms with Crippen molar-refractivity contribution in [2.75, 3.05) is 39.4 Å². The summed E-state index contributed by atoms with van der Waals surface area (Å²) in [6.07, 6.45) is 0.182. The first kappa shape index (κ1) is 12.6. The smallest absolute Gasteiger partial charge is 0.379 e. The highest BCUT2D eigenvalue weighted by atomic mass is 31.2. The van der Waals surface area contributed by atoms with Crippen LogP contribution in [0.5, 0.6) is 0 Å². The molecule has 1 amide bonds. The van der Waals surface area contributed by atoms with E-state index < -0.39 is 7.75 Å². The zero-order valence-electron chi connectivity index (χ0n) is 8.28. The molecule has 88 valence electrons. The minimum absolute atomic E-state index is 0.0355. The van der Waals surface area contributed by atoms with E-state index in [-0.39, 0.29) is 13.0 Å². The van der Waals surface area contributed by atoms with Crippen LogP contribution in [0, 0.1) is 0 Å². The third-order valence-corrected chi connectivity index (χ3v) is 3.17. The van der Waals surface area contributed by atoms with Gasteiger partial charge in [-0.1, -0.05) is 0 Å². The maximum atomic E-state index is 10.8. The lowest BCUT2D eigenvalue weighted by molar-refractivity contribution is -0.115. The van der Waals surface area contributed by atoms with Crippen LogP contribution < -0.4 is 0 Å². The number of hydrogen-bond donors (Lipinski definition) is 2. The highest BCUT2D eigenvalue weighted by molar-refractivity contribution is 7.49. The van der Waals surface area contributed by atoms with E-state index in [4.69, 9.17) is 14.5 Å². The predicted molar refractivity (Wildman–Crippen MR) is 52.1 cm³/mol. The normalized spacial score (nSPS) is 18.8. The molecule has 0 radical (unpaired) electrons. The maximum Gasteiger partial charge on any atom is 0.432 e. The molecule has 8 heteroatoms. The van der Waals surface area contributed by atoms with E-state index in [1.807, 2.05) is 4.90 Å². The molecule has 15 heavy (non-hydrogen) atoms. The van der Waals surface area contributed by atoms with Gasteiger partial charge in [0, 0.05) is 26.2 Å². The number of morpholine rings is 1. The fraction of sp³-hybridized carbons (Fsp3) is 0.857. The molecule has 7 nitrogen and oxygen atoms in total. The molecule has 0 unspecified atom stereocenters. The largest absolute Gasteiger partial charge is 0.432 e. The van der Waals surface area contributed by atoms with Crippen LogP contribution in [-0.2, 0) is 14.1 Å². The van der Waals surface area contributed by atoms with Crippen LogP contribution in [0.15, 0.2) is 0 Å². The molecule has 0 aromatic rings. The van der Waals surface area contributed by atoms with E-state index in [2.05, 4.69) is 0 Å². The van der Waals surface area contributed by atoms with Crippen molar-refractivity contribution in [3.05, 3.63) is 0 Å². The van der Waals surface area contributed by atoms with Crippen LogP contribution in [-0.4, -0.2) is 65.2 Å². The molecule has 2 N–H and O–H groups in total. The van der Waals surface area contributed by atoms with Crippen molar-refractivity contribution >= 4 is 14.2 Å². The van der Waals surface area contributed by atoms with Gasteiger partial charge in [-0.2, -0.15) is 0 Å². The average Bonchev–Trinajstić information content (AvgIpc) is 2.18. The number of ether oxygens (including phenoxy) is 1. The Balaban J connectivity index is 2.33. The molecular weight excluding hydrogens is 223 g/mol. The van der Waals surface area contributed by atoms with Gasteiger partial charge in [0.15, 0.2) is 0 Å². The lowest BCUT2D eigenvalue weighted by atomic mass is 10.4. The average molecular weight is 238 g/mol. The van der Waals surface area contributed by atoms with Gasteiger partial charge in [0.2, 0.25) is 6.41 Å². The molecule has 1 aliphatic heterocycles. The minimum Gasteiger partial charge on any atom is -0.379 e. The second-order valence-corrected chi connectivity index (χ2v) is 4.78. The first-order chi connectivity index (χ1) is 7.04. The Morgan fingerprint density at radius 2 is 2.00 bits per heavy atom. The van der Waals surface area contributed by atoms with Gasteiger partial charge >= 0.3 is 7.75 Å². The van der Waals surface area contributed by atoms with E-state index in [0.29, 0.717) is 24.4 Å². The monoisotopic (exact) mass is 238 g/mol. The van der Waals surface area contributed by atoms with Crippen LogP contribution in [0.3, 0.4) is 0 Å². The summed E-state index contributed by atoms with van der Waals surface area (Å²) in [7, 11) is -4.44. The van der Waals surface area contributed by atoms with Gasteiger partial charge in [-0.05, 0) is 0 Å². The number of amides is 1. The van der Waals surface area contributed by atoms with Gasteiger partial charge in [0.25, 0.3) is 0 Å². The van der Waals surface area contributed by atoms with Gasteiger partial charge in [0.05, 0.1) is 13.2 Å². The van der Waals surface area contributed by atoms with Crippen LogP contribution in [0.25, 0.3) is 0 Å². The third kappa shape index (κ3) is 4.27. The minimum atomic E-state index is -4.44. The second kappa shape index (κ2) is 5.58. The van der Waals surface area contributed by atoms with Crippen molar-refractivity contribution < 1.29 is 23.9 Å². The molecule has 0 aromatic heterocycles. The molecule has 1 saturated heterocycles. The van der Waals surface area contributed by atoms with Crippen molar-refractivity contribution in [2.45, 2.75) is 0 Å². The predicted octanol–water partition coefficient (Wildman–Crippen LogP) is -1.13. The summed E-state index contributed by atoms with van der Waals surface area (Å²) in [5.74, 6) is 0. The number of hydrogen-bond acceptors (Lipinski definition) is 4. The number of carbonyl (C=O) groups is 1. The van der Waals surface area contributed by atoms with Gasteiger partial charge < -0.3 is 14.5 Å². The molecule has 1 aliphatic rings. The summed E-state index contributed by atoms with van der Waals surface area (Å²) in [5, 5.41) is 0. The summed E-state index contributed by atoms with van der Waals surface area (Å²) in [6, 6.07) is 0. The highest BCUT2D eigenvalue weighted by Crippen LogP contribution is 2.37. The Hall–Kier alpha value is -0.460. The molecule has 0 aliphatic carbocycles. The van der Waals surface area contributed by atoms with Gasteiger partial charge in [-0.3, -0.25) is 14.4 Å². The lowest BCUT2D eigenvalue weighted by Crippen LogP contribution is -2.40. The zero-order chi connectivity index (χ0) is 11.3. The van der Waals surface area contributed by atoms with E-state index in [0.717, 1.165) is 13.1 Å². The fourth-order valence-corrected chi connectivity index (χ4v) is 1.79. The van der Waals surface area contributed by atoms with Crippen molar-refractivity contribution in [3.63, 3.8) is 0 Å². The van der Waals surface area contributed by atoms with Crippen molar-refractivity contribution in [1.29, 1.82) is 0 Å². The number of rotatable bonds is 5. The molecule has 1 heterocycles. The molecule has 0 spiro atoms. The molecular formula is C7H15N2O5P. The quantitative estimate of drug-likeness (QED) is 0.465. The third-order valence-electron chi connectivity index (χ3n) is 2.21. The topological polar surface area (TPSA) is 90.3 Å². The van der Waals surface area contributed by atoms with Crippen LogP contribution in [0.1, 0.15) is 0 Å². The van der Waals surface area contributed by atoms with Gasteiger partial charge in [-0.15, -0.1) is 0 Å². The summed E-state index contributed by atoms with van der Waals surface area (Å²) < 4.78 is 16.4. The summed E-state index contributed by atoms with van der Waals surface area (Å²) in [4.78, 5) is 29.9. The lowest BCUT2D eigenvalue weighted by Gasteiger charge is -2.28. The molecule has 0 bridgehead atoms. The Bertz CT molecular complexity index is 250. The van der Waals surface area contributed by atoms with E-state index in [1.54, 1.807) is 0 Å². The van der Waals surface area contributed by atoms with Gasteiger partial charge in [0.1, 0.15) is 0 Å². The van der Waals surface area contributed by atoms with Crippen molar-refractivity contribution in [1.82, 2.24) is 9.57 Å². The Kier molecular flexibility index (Phi) is 4.69. The standard InChI is InChI=1S/C7H15N2O5P/c10-7-9(15(11,12)13)2-1-8-3-5-14-6-4-8/h7H,1-6H2,(H2,11,12,13). The number of carbonyl (C=O) groups excluding carboxylic acids is 1. The molecule has 0 atom stereocenters. The Morgan fingerprint density at radius 3 is 2.47 bits per heavy atom. The first-order valence-corrected chi connectivity index (χ1v) is 6.18. The van der Waals surface area contributed by atoms with E-state index in [1.165, 1.54) is 0 Å². The number of nitrogens with zero attached hydrogens (tertiary/aromatic N) is 2. The van der Waals surface area contributed by atoms with E-state index >= 15 is 0 Å². The molecule has 1 rings (SSSR count). The van der Waals surface area contributed by atoms with Crippen molar-refractivity contribution in [3.8, 4) is 0 Å². The van der Waals surface area contributed by atoms with Crippen LogP contribution >= 0.6 is 7.75 Å². The van der Waals surface area contributed by atoms with E-state index in [9.17, 15) is 9.36 Å². The fourth-order valence-electron chi connectivity index (χ4n) is 1.31. The summed E-state index contributed by atoms with van der Waals surface area (Å²) in [6.45, 7) is 3.19. The summed E-state index contributed by atoms with van der Waals surface area (Å²) >= 11 is 0. The maximum absolute atomic E-state index is 10.8. The molecule has 1 fully saturated rings. The Labute approximate surface area is 87.8 Å². The van der Waals surface area contributed by atoms with Gasteiger partial charge in [-0.25, -0.2) is 4.57 Å². The Morgan fingerprint density at radius 1 is 1.40 bits per heavy atom. The summed E-state index contributed by atoms with van der Waals surface area (Å²) in [5.41, 5.74) is 0. The zero-order valence-corrected chi connectivity index (χ0v) is 9.18. The molecule has 0 saturated carbocycles.